The molecule has 1 atom stereocenters. The maximum absolute atomic E-state index is 11.0. The highest BCUT2D eigenvalue weighted by Gasteiger charge is 2.22. The number of rotatable bonds is 3. The molecule has 0 aliphatic rings. The quantitative estimate of drug-likeness (QED) is 0.786. The van der Waals surface area contributed by atoms with Gasteiger partial charge in [0.1, 0.15) is 11.9 Å². The third kappa shape index (κ3) is 2.59. The highest BCUT2D eigenvalue weighted by Crippen LogP contribution is 2.20. The second kappa shape index (κ2) is 5.07. The van der Waals surface area contributed by atoms with E-state index in [1.165, 1.54) is 0 Å². The van der Waals surface area contributed by atoms with Crippen LogP contribution in [0.5, 0.6) is 0 Å². The van der Waals surface area contributed by atoms with Gasteiger partial charge in [-0.05, 0) is 5.56 Å². The molecule has 0 bridgehead atoms. The van der Waals surface area contributed by atoms with Gasteiger partial charge in [0.2, 0.25) is 6.10 Å². The first-order chi connectivity index (χ1) is 6.29. The van der Waals surface area contributed by atoms with Crippen molar-refractivity contribution < 1.29 is 13.4 Å². The molecular formula is C8H6Cl2O3. The van der Waals surface area contributed by atoms with Crippen LogP contribution >= 0.6 is 23.7 Å². The van der Waals surface area contributed by atoms with Crippen molar-refractivity contribution in [3.8, 4) is 0 Å². The fourth-order valence-electron chi connectivity index (χ4n) is 0.892. The summed E-state index contributed by atoms with van der Waals surface area (Å²) >= 11 is 10.0. The van der Waals surface area contributed by atoms with Gasteiger partial charge in [0.05, 0.1) is 11.9 Å². The first-order valence-electron chi connectivity index (χ1n) is 3.44. The molecule has 0 heterocycles. The zero-order valence-corrected chi connectivity index (χ0v) is 7.96. The molecule has 3 nitrogen and oxygen atoms in total. The molecule has 1 aromatic carbocycles. The zero-order valence-electron chi connectivity index (χ0n) is 6.44. The van der Waals surface area contributed by atoms with Crippen LogP contribution in [0.4, 0.5) is 0 Å². The Hall–Kier alpha value is -0.770. The summed E-state index contributed by atoms with van der Waals surface area (Å²) in [5.74, 6) is -0.747. The van der Waals surface area contributed by atoms with Crippen LogP contribution in [0.2, 0.25) is 0 Å². The average molecular weight is 221 g/mol. The van der Waals surface area contributed by atoms with Crippen molar-refractivity contribution >= 4 is 29.7 Å². The number of carbonyl (C=O) groups is 1. The van der Waals surface area contributed by atoms with Crippen LogP contribution < -0.4 is 0 Å². The largest absolute Gasteiger partial charge is 0.359 e. The maximum Gasteiger partial charge on any atom is 0.359 e. The van der Waals surface area contributed by atoms with Crippen LogP contribution in [0.1, 0.15) is 11.7 Å². The molecule has 0 saturated heterocycles. The van der Waals surface area contributed by atoms with Gasteiger partial charge in [-0.15, -0.1) is 0 Å². The minimum Gasteiger partial charge on any atom is -0.344 e. The van der Waals surface area contributed by atoms with E-state index < -0.39 is 12.1 Å². The summed E-state index contributed by atoms with van der Waals surface area (Å²) in [7, 11) is 0. The maximum atomic E-state index is 11.0. The van der Waals surface area contributed by atoms with Crippen molar-refractivity contribution in [3.05, 3.63) is 35.9 Å². The Labute approximate surface area is 85.5 Å². The van der Waals surface area contributed by atoms with Gasteiger partial charge in [-0.1, -0.05) is 30.3 Å². The number of carbonyl (C=O) groups excluding carboxylic acids is 1. The molecular weight excluding hydrogens is 215 g/mol. The fourth-order valence-corrected chi connectivity index (χ4v) is 1.15. The summed E-state index contributed by atoms with van der Waals surface area (Å²) in [6.45, 7) is 0. The Bertz CT molecular complexity index is 276. The smallest absolute Gasteiger partial charge is 0.344 e. The van der Waals surface area contributed by atoms with Crippen molar-refractivity contribution in [1.29, 1.82) is 0 Å². The van der Waals surface area contributed by atoms with E-state index in [0.29, 0.717) is 5.56 Å². The van der Waals surface area contributed by atoms with Crippen molar-refractivity contribution in [2.24, 2.45) is 0 Å². The summed E-state index contributed by atoms with van der Waals surface area (Å²) < 4.78 is 8.38. The number of benzene rings is 1. The van der Waals surface area contributed by atoms with Gasteiger partial charge >= 0.3 is 5.97 Å². The molecule has 0 radical (unpaired) electrons. The molecule has 13 heavy (non-hydrogen) atoms. The lowest BCUT2D eigenvalue weighted by molar-refractivity contribution is -0.141. The fraction of sp³-hybridized carbons (Fsp3) is 0.125. The molecule has 1 rings (SSSR count). The third-order valence-electron chi connectivity index (χ3n) is 1.48. The van der Waals surface area contributed by atoms with Crippen molar-refractivity contribution in [1.82, 2.24) is 0 Å². The minimum absolute atomic E-state index is 0.586. The summed E-state index contributed by atoms with van der Waals surface area (Å²) in [5, 5.41) is 0. The standard InChI is InChI=1S/C8H6Cl2O3/c9-12-7(8(11)13-10)6-4-2-1-3-5-6/h1-5,7H/t7-/m1/s1. The van der Waals surface area contributed by atoms with E-state index in [1.54, 1.807) is 30.3 Å². The Morgan fingerprint density at radius 1 is 1.23 bits per heavy atom. The second-order valence-corrected chi connectivity index (χ2v) is 2.61. The van der Waals surface area contributed by atoms with Gasteiger partial charge in [-0.25, -0.2) is 4.79 Å². The lowest BCUT2D eigenvalue weighted by atomic mass is 10.1. The number of hydrogen-bond acceptors (Lipinski definition) is 3. The molecule has 0 saturated carbocycles. The first-order valence-corrected chi connectivity index (χ1v) is 4.06. The summed E-state index contributed by atoms with van der Waals surface area (Å²) in [6.07, 6.45) is -0.986. The first kappa shape index (κ1) is 10.3. The molecule has 0 aromatic heterocycles. The second-order valence-electron chi connectivity index (χ2n) is 2.28. The highest BCUT2D eigenvalue weighted by molar-refractivity contribution is 6.14. The zero-order chi connectivity index (χ0) is 9.68. The predicted molar refractivity (Wildman–Crippen MR) is 48.1 cm³/mol. The van der Waals surface area contributed by atoms with E-state index in [0.717, 1.165) is 0 Å². The lowest BCUT2D eigenvalue weighted by Gasteiger charge is -2.08. The van der Waals surface area contributed by atoms with Crippen LogP contribution in [-0.4, -0.2) is 5.97 Å². The SMILES string of the molecule is O=C(OCl)[C@H](OCl)c1ccccc1. The molecule has 0 N–H and O–H groups in total. The van der Waals surface area contributed by atoms with Crippen LogP contribution in [-0.2, 0) is 13.4 Å². The summed E-state index contributed by atoms with van der Waals surface area (Å²) in [6, 6.07) is 8.67. The topological polar surface area (TPSA) is 35.5 Å². The number of halogens is 2. The van der Waals surface area contributed by atoms with Gasteiger partial charge in [0.25, 0.3) is 0 Å². The van der Waals surface area contributed by atoms with E-state index >= 15 is 0 Å². The van der Waals surface area contributed by atoms with E-state index in [4.69, 9.17) is 23.7 Å². The molecule has 0 unspecified atom stereocenters. The molecule has 0 spiro atoms. The summed E-state index contributed by atoms with van der Waals surface area (Å²) in [4.78, 5) is 11.0. The van der Waals surface area contributed by atoms with Gasteiger partial charge < -0.3 is 4.29 Å². The molecule has 1 aromatic rings. The molecule has 0 aliphatic carbocycles. The Morgan fingerprint density at radius 3 is 2.31 bits per heavy atom. The van der Waals surface area contributed by atoms with Crippen molar-refractivity contribution in [2.75, 3.05) is 0 Å². The van der Waals surface area contributed by atoms with E-state index in [1.807, 2.05) is 0 Å². The third-order valence-corrected chi connectivity index (χ3v) is 1.81. The minimum atomic E-state index is -0.986. The van der Waals surface area contributed by atoms with Crippen LogP contribution in [0, 0.1) is 0 Å². The monoisotopic (exact) mass is 220 g/mol. The predicted octanol–water partition coefficient (Wildman–Crippen LogP) is 2.60. The molecule has 0 fully saturated rings. The van der Waals surface area contributed by atoms with E-state index in [-0.39, 0.29) is 0 Å². The lowest BCUT2D eigenvalue weighted by Crippen LogP contribution is -2.12. The normalized spacial score (nSPS) is 12.2. The van der Waals surface area contributed by atoms with Crippen LogP contribution in [0.15, 0.2) is 30.3 Å². The van der Waals surface area contributed by atoms with Crippen molar-refractivity contribution in [3.63, 3.8) is 0 Å². The van der Waals surface area contributed by atoms with Crippen molar-refractivity contribution in [2.45, 2.75) is 6.10 Å². The van der Waals surface area contributed by atoms with Gasteiger partial charge in [-0.3, -0.25) is 4.29 Å². The summed E-state index contributed by atoms with van der Waals surface area (Å²) in [5.41, 5.74) is 0.586. The van der Waals surface area contributed by atoms with Gasteiger partial charge in [0, 0.05) is 0 Å². The average Bonchev–Trinajstić information content (AvgIpc) is 2.20. The van der Waals surface area contributed by atoms with Crippen LogP contribution in [0.3, 0.4) is 0 Å². The molecule has 70 valence electrons. The highest BCUT2D eigenvalue weighted by atomic mass is 35.5. The molecule has 5 heteroatoms. The Morgan fingerprint density at radius 2 is 1.85 bits per heavy atom. The van der Waals surface area contributed by atoms with Gasteiger partial charge in [-0.2, -0.15) is 0 Å². The number of hydrogen-bond donors (Lipinski definition) is 0. The Kier molecular flexibility index (Phi) is 4.02. The Balaban J connectivity index is 2.85. The van der Waals surface area contributed by atoms with Crippen LogP contribution in [0.25, 0.3) is 0 Å². The van der Waals surface area contributed by atoms with Gasteiger partial charge in [0.15, 0.2) is 0 Å². The van der Waals surface area contributed by atoms with E-state index in [2.05, 4.69) is 8.58 Å². The van der Waals surface area contributed by atoms with E-state index in [9.17, 15) is 4.79 Å². The molecule has 0 amide bonds. The molecule has 0 aliphatic heterocycles.